The minimum absolute atomic E-state index is 0.0729. The van der Waals surface area contributed by atoms with Gasteiger partial charge >= 0.3 is 5.69 Å². The number of halogens is 2. The van der Waals surface area contributed by atoms with Crippen LogP contribution in [0.2, 0.25) is 0 Å². The number of benzene rings is 2. The average molecular weight is 295 g/mol. The van der Waals surface area contributed by atoms with E-state index in [4.69, 9.17) is 9.84 Å². The van der Waals surface area contributed by atoms with Gasteiger partial charge in [0.05, 0.1) is 11.5 Å². The Morgan fingerprint density at radius 1 is 1.10 bits per heavy atom. The topological polar surface area (TPSA) is 72.6 Å². The first kappa shape index (κ1) is 14.9. The predicted octanol–water partition coefficient (Wildman–Crippen LogP) is 2.94. The van der Waals surface area contributed by atoms with Crippen LogP contribution in [0.5, 0.6) is 5.75 Å². The Labute approximate surface area is 118 Å². The standard InChI is InChI=1S/C14H11F2NO4/c15-11-3-10(4-12(16)6-11)8-21-14-5-9(7-18)1-2-13(14)17(19)20/h1-6,18H,7-8H2. The maximum atomic E-state index is 13.0. The Morgan fingerprint density at radius 3 is 2.33 bits per heavy atom. The summed E-state index contributed by atoms with van der Waals surface area (Å²) in [6, 6.07) is 6.78. The normalized spacial score (nSPS) is 10.4. The number of hydrogen-bond donors (Lipinski definition) is 1. The molecule has 0 aromatic heterocycles. The molecule has 0 aliphatic carbocycles. The zero-order valence-corrected chi connectivity index (χ0v) is 10.8. The summed E-state index contributed by atoms with van der Waals surface area (Å²) in [5, 5.41) is 19.9. The number of nitro groups is 1. The van der Waals surface area contributed by atoms with Gasteiger partial charge in [-0.05, 0) is 35.4 Å². The quantitative estimate of drug-likeness (QED) is 0.680. The number of rotatable bonds is 5. The minimum atomic E-state index is -0.757. The van der Waals surface area contributed by atoms with Gasteiger partial charge in [-0.25, -0.2) is 8.78 Å². The van der Waals surface area contributed by atoms with E-state index in [0.717, 1.165) is 18.2 Å². The van der Waals surface area contributed by atoms with Crippen molar-refractivity contribution in [2.45, 2.75) is 13.2 Å². The lowest BCUT2D eigenvalue weighted by Gasteiger charge is -2.08. The van der Waals surface area contributed by atoms with Crippen LogP contribution >= 0.6 is 0 Å². The molecule has 5 nitrogen and oxygen atoms in total. The fourth-order valence-electron chi connectivity index (χ4n) is 1.78. The molecule has 0 saturated heterocycles. The van der Waals surface area contributed by atoms with Gasteiger partial charge in [-0.2, -0.15) is 0 Å². The molecule has 0 radical (unpaired) electrons. The minimum Gasteiger partial charge on any atom is -0.482 e. The molecule has 0 aliphatic rings. The van der Waals surface area contributed by atoms with E-state index in [-0.39, 0.29) is 30.2 Å². The molecule has 2 aromatic rings. The molecule has 0 saturated carbocycles. The van der Waals surface area contributed by atoms with Crippen LogP contribution in [-0.2, 0) is 13.2 Å². The molecule has 21 heavy (non-hydrogen) atoms. The van der Waals surface area contributed by atoms with E-state index in [0.29, 0.717) is 5.56 Å². The smallest absolute Gasteiger partial charge is 0.310 e. The molecular formula is C14H11F2NO4. The summed E-state index contributed by atoms with van der Waals surface area (Å²) >= 11 is 0. The van der Waals surface area contributed by atoms with Gasteiger partial charge in [0.15, 0.2) is 5.75 Å². The van der Waals surface area contributed by atoms with Gasteiger partial charge in [0.25, 0.3) is 0 Å². The van der Waals surface area contributed by atoms with E-state index in [1.807, 2.05) is 0 Å². The van der Waals surface area contributed by atoms with Crippen molar-refractivity contribution in [3.8, 4) is 5.75 Å². The third-order valence-corrected chi connectivity index (χ3v) is 2.72. The van der Waals surface area contributed by atoms with Crippen LogP contribution < -0.4 is 4.74 Å². The molecule has 110 valence electrons. The van der Waals surface area contributed by atoms with Crippen molar-refractivity contribution < 1.29 is 23.5 Å². The third-order valence-electron chi connectivity index (χ3n) is 2.72. The Morgan fingerprint density at radius 2 is 1.76 bits per heavy atom. The number of nitro benzene ring substituents is 1. The van der Waals surface area contributed by atoms with Gasteiger partial charge in [-0.1, -0.05) is 0 Å². The summed E-state index contributed by atoms with van der Waals surface area (Å²) in [7, 11) is 0. The second-order valence-corrected chi connectivity index (χ2v) is 4.28. The zero-order chi connectivity index (χ0) is 15.4. The fraction of sp³-hybridized carbons (Fsp3) is 0.143. The van der Waals surface area contributed by atoms with Gasteiger partial charge in [-0.3, -0.25) is 10.1 Å². The summed E-state index contributed by atoms with van der Waals surface area (Å²) in [6.07, 6.45) is 0. The monoisotopic (exact) mass is 295 g/mol. The van der Waals surface area contributed by atoms with Crippen molar-refractivity contribution in [1.82, 2.24) is 0 Å². The molecule has 0 bridgehead atoms. The molecule has 0 fully saturated rings. The summed E-state index contributed by atoms with van der Waals surface area (Å²) in [6.45, 7) is -0.534. The van der Waals surface area contributed by atoms with Gasteiger partial charge in [0, 0.05) is 12.1 Å². The highest BCUT2D eigenvalue weighted by molar-refractivity contribution is 5.48. The van der Waals surface area contributed by atoms with Crippen molar-refractivity contribution in [3.63, 3.8) is 0 Å². The molecule has 1 N–H and O–H groups in total. The molecule has 7 heteroatoms. The largest absolute Gasteiger partial charge is 0.482 e. The molecule has 0 unspecified atom stereocenters. The summed E-state index contributed by atoms with van der Waals surface area (Å²) < 4.78 is 31.3. The number of ether oxygens (including phenoxy) is 1. The Bertz CT molecular complexity index is 656. The van der Waals surface area contributed by atoms with E-state index >= 15 is 0 Å². The van der Waals surface area contributed by atoms with Crippen LogP contribution in [0, 0.1) is 21.7 Å². The highest BCUT2D eigenvalue weighted by Crippen LogP contribution is 2.29. The Hall–Kier alpha value is -2.54. The summed E-state index contributed by atoms with van der Waals surface area (Å²) in [5.41, 5.74) is 0.348. The zero-order valence-electron chi connectivity index (χ0n) is 10.8. The summed E-state index contributed by atoms with van der Waals surface area (Å²) in [5.74, 6) is -1.59. The first-order valence-corrected chi connectivity index (χ1v) is 5.95. The lowest BCUT2D eigenvalue weighted by atomic mass is 10.2. The lowest BCUT2D eigenvalue weighted by Crippen LogP contribution is -2.01. The van der Waals surface area contributed by atoms with E-state index in [1.165, 1.54) is 18.2 Å². The molecule has 0 aliphatic heterocycles. The molecular weight excluding hydrogens is 284 g/mol. The number of aliphatic hydroxyl groups is 1. The van der Waals surface area contributed by atoms with Gasteiger partial charge in [0.2, 0.25) is 0 Å². The van der Waals surface area contributed by atoms with Crippen molar-refractivity contribution in [2.75, 3.05) is 0 Å². The SMILES string of the molecule is O=[N+]([O-])c1ccc(CO)cc1OCc1cc(F)cc(F)c1. The lowest BCUT2D eigenvalue weighted by molar-refractivity contribution is -0.386. The highest BCUT2D eigenvalue weighted by Gasteiger charge is 2.16. The first-order valence-electron chi connectivity index (χ1n) is 5.95. The van der Waals surface area contributed by atoms with Gasteiger partial charge in [-0.15, -0.1) is 0 Å². The van der Waals surface area contributed by atoms with Crippen molar-refractivity contribution in [3.05, 3.63) is 69.3 Å². The molecule has 0 atom stereocenters. The number of nitrogens with zero attached hydrogens (tertiary/aromatic N) is 1. The molecule has 0 heterocycles. The Balaban J connectivity index is 2.23. The third kappa shape index (κ3) is 3.73. The van der Waals surface area contributed by atoms with Crippen LogP contribution in [0.1, 0.15) is 11.1 Å². The van der Waals surface area contributed by atoms with Crippen LogP contribution in [0.15, 0.2) is 36.4 Å². The Kier molecular flexibility index (Phi) is 4.44. The molecule has 2 rings (SSSR count). The van der Waals surface area contributed by atoms with Crippen LogP contribution in [0.4, 0.5) is 14.5 Å². The van der Waals surface area contributed by atoms with Crippen LogP contribution in [0.3, 0.4) is 0 Å². The molecule has 0 amide bonds. The maximum Gasteiger partial charge on any atom is 0.310 e. The van der Waals surface area contributed by atoms with Gasteiger partial charge in [0.1, 0.15) is 18.2 Å². The predicted molar refractivity (Wildman–Crippen MR) is 69.7 cm³/mol. The van der Waals surface area contributed by atoms with E-state index < -0.39 is 16.6 Å². The summed E-state index contributed by atoms with van der Waals surface area (Å²) in [4.78, 5) is 10.2. The van der Waals surface area contributed by atoms with Crippen LogP contribution in [0.25, 0.3) is 0 Å². The van der Waals surface area contributed by atoms with E-state index in [1.54, 1.807) is 0 Å². The van der Waals surface area contributed by atoms with E-state index in [9.17, 15) is 18.9 Å². The molecule has 2 aromatic carbocycles. The second-order valence-electron chi connectivity index (χ2n) is 4.28. The maximum absolute atomic E-state index is 13.0. The fourth-order valence-corrected chi connectivity index (χ4v) is 1.78. The van der Waals surface area contributed by atoms with E-state index in [2.05, 4.69) is 0 Å². The highest BCUT2D eigenvalue weighted by atomic mass is 19.1. The average Bonchev–Trinajstić information content (AvgIpc) is 2.43. The van der Waals surface area contributed by atoms with Gasteiger partial charge < -0.3 is 9.84 Å². The van der Waals surface area contributed by atoms with Crippen molar-refractivity contribution >= 4 is 5.69 Å². The first-order chi connectivity index (χ1) is 9.99. The number of hydrogen-bond acceptors (Lipinski definition) is 4. The van der Waals surface area contributed by atoms with Crippen LogP contribution in [-0.4, -0.2) is 10.0 Å². The van der Waals surface area contributed by atoms with Crippen molar-refractivity contribution in [1.29, 1.82) is 0 Å². The second kappa shape index (κ2) is 6.27. The van der Waals surface area contributed by atoms with Crippen molar-refractivity contribution in [2.24, 2.45) is 0 Å². The number of aliphatic hydroxyl groups excluding tert-OH is 1. The molecule has 0 spiro atoms.